The Morgan fingerprint density at radius 3 is 2.67 bits per heavy atom. The second kappa shape index (κ2) is 3.02. The number of aromatic carboxylic acids is 1. The third-order valence-electron chi connectivity index (χ3n) is 1.33. The summed E-state index contributed by atoms with van der Waals surface area (Å²) in [4.78, 5) is 21.3. The molecule has 5 nitrogen and oxygen atoms in total. The van der Waals surface area contributed by atoms with E-state index in [2.05, 4.69) is 5.10 Å². The van der Waals surface area contributed by atoms with Crippen molar-refractivity contribution >= 4 is 17.6 Å². The van der Waals surface area contributed by atoms with Gasteiger partial charge in [0.25, 0.3) is 5.56 Å². The first-order valence-electron chi connectivity index (χ1n) is 3.21. The Bertz CT molecular complexity index is 352. The smallest absolute Gasteiger partial charge is 0.353 e. The highest BCUT2D eigenvalue weighted by atomic mass is 35.5. The topological polar surface area (TPSA) is 75.1 Å². The van der Waals surface area contributed by atoms with Gasteiger partial charge in [-0.1, -0.05) is 11.6 Å². The molecule has 1 unspecified atom stereocenters. The summed E-state index contributed by atoms with van der Waals surface area (Å²) in [6.45, 7) is 1.56. The standard InChI is InChI=1S/C6H7ClN2O3/c1-3(7)9-5(10)2-4(8-9)6(11)12/h2-3,8H,1H3,(H,11,12). The van der Waals surface area contributed by atoms with Gasteiger partial charge in [0, 0.05) is 6.07 Å². The van der Waals surface area contributed by atoms with Gasteiger partial charge in [0.05, 0.1) is 0 Å². The van der Waals surface area contributed by atoms with E-state index >= 15 is 0 Å². The lowest BCUT2D eigenvalue weighted by Crippen LogP contribution is -2.16. The van der Waals surface area contributed by atoms with Gasteiger partial charge in [-0.25, -0.2) is 9.48 Å². The molecule has 66 valence electrons. The number of nitrogens with one attached hydrogen (secondary N) is 1. The molecule has 1 aromatic rings. The molecular weight excluding hydrogens is 184 g/mol. The Morgan fingerprint density at radius 2 is 2.42 bits per heavy atom. The van der Waals surface area contributed by atoms with E-state index in [1.54, 1.807) is 6.92 Å². The van der Waals surface area contributed by atoms with Gasteiger partial charge in [-0.3, -0.25) is 9.89 Å². The van der Waals surface area contributed by atoms with Crippen LogP contribution in [0.2, 0.25) is 0 Å². The second-order valence-corrected chi connectivity index (χ2v) is 2.89. The van der Waals surface area contributed by atoms with Gasteiger partial charge in [0.2, 0.25) is 0 Å². The number of halogens is 1. The van der Waals surface area contributed by atoms with Crippen LogP contribution in [-0.2, 0) is 0 Å². The Balaban J connectivity index is 3.18. The number of rotatable bonds is 2. The number of hydrogen-bond acceptors (Lipinski definition) is 2. The van der Waals surface area contributed by atoms with Crippen LogP contribution in [0.5, 0.6) is 0 Å². The molecule has 0 aliphatic carbocycles. The highest BCUT2D eigenvalue weighted by Crippen LogP contribution is 2.05. The first-order chi connectivity index (χ1) is 5.52. The molecule has 0 bridgehead atoms. The molecule has 0 radical (unpaired) electrons. The Kier molecular flexibility index (Phi) is 2.23. The fraction of sp³-hybridized carbons (Fsp3) is 0.333. The van der Waals surface area contributed by atoms with Crippen LogP contribution in [0.25, 0.3) is 0 Å². The molecule has 1 atom stereocenters. The van der Waals surface area contributed by atoms with Crippen LogP contribution in [0.1, 0.15) is 22.9 Å². The van der Waals surface area contributed by atoms with Crippen molar-refractivity contribution < 1.29 is 9.90 Å². The van der Waals surface area contributed by atoms with Crippen LogP contribution in [0, 0.1) is 0 Å². The van der Waals surface area contributed by atoms with E-state index in [1.807, 2.05) is 0 Å². The molecule has 0 aromatic carbocycles. The van der Waals surface area contributed by atoms with Crippen molar-refractivity contribution in [2.45, 2.75) is 12.4 Å². The molecule has 2 N–H and O–H groups in total. The van der Waals surface area contributed by atoms with Crippen LogP contribution in [0.3, 0.4) is 0 Å². The second-order valence-electron chi connectivity index (χ2n) is 2.26. The minimum absolute atomic E-state index is 0.160. The largest absolute Gasteiger partial charge is 0.477 e. The maximum absolute atomic E-state index is 11.0. The third-order valence-corrected chi connectivity index (χ3v) is 1.53. The summed E-state index contributed by atoms with van der Waals surface area (Å²) in [6, 6.07) is 0.987. The fourth-order valence-corrected chi connectivity index (χ4v) is 0.929. The molecule has 0 aliphatic heterocycles. The summed E-state index contributed by atoms with van der Waals surface area (Å²) in [6.07, 6.45) is 0. The highest BCUT2D eigenvalue weighted by molar-refractivity contribution is 6.18. The Labute approximate surface area is 72.6 Å². The van der Waals surface area contributed by atoms with E-state index in [0.717, 1.165) is 10.7 Å². The van der Waals surface area contributed by atoms with E-state index in [4.69, 9.17) is 16.7 Å². The van der Waals surface area contributed by atoms with Crippen molar-refractivity contribution in [3.63, 3.8) is 0 Å². The van der Waals surface area contributed by atoms with Crippen LogP contribution in [-0.4, -0.2) is 20.9 Å². The molecule has 1 aromatic heterocycles. The first kappa shape index (κ1) is 8.86. The number of carboxylic acid groups (broad SMARTS) is 1. The molecule has 0 fully saturated rings. The average Bonchev–Trinajstić information content (AvgIpc) is 2.30. The number of carboxylic acids is 1. The summed E-state index contributed by atoms with van der Waals surface area (Å²) < 4.78 is 1.03. The maximum Gasteiger partial charge on any atom is 0.353 e. The normalized spacial score (nSPS) is 12.8. The Morgan fingerprint density at radius 1 is 1.83 bits per heavy atom. The van der Waals surface area contributed by atoms with E-state index in [9.17, 15) is 9.59 Å². The van der Waals surface area contributed by atoms with Gasteiger partial charge < -0.3 is 5.11 Å². The van der Waals surface area contributed by atoms with Gasteiger partial charge in [0.15, 0.2) is 0 Å². The van der Waals surface area contributed by atoms with Crippen molar-refractivity contribution in [3.8, 4) is 0 Å². The number of alkyl halides is 1. The molecule has 0 amide bonds. The SMILES string of the molecule is CC(Cl)n1[nH]c(C(=O)O)cc1=O. The monoisotopic (exact) mass is 190 g/mol. The van der Waals surface area contributed by atoms with Gasteiger partial charge in [0.1, 0.15) is 11.2 Å². The number of aromatic amines is 1. The third kappa shape index (κ3) is 1.50. The molecule has 0 spiro atoms. The lowest BCUT2D eigenvalue weighted by atomic mass is 10.4. The highest BCUT2D eigenvalue weighted by Gasteiger charge is 2.11. The van der Waals surface area contributed by atoms with Gasteiger partial charge >= 0.3 is 5.97 Å². The molecule has 1 rings (SSSR count). The maximum atomic E-state index is 11.0. The zero-order valence-electron chi connectivity index (χ0n) is 6.24. The summed E-state index contributed by atoms with van der Waals surface area (Å²) in [7, 11) is 0. The van der Waals surface area contributed by atoms with Gasteiger partial charge in [-0.15, -0.1) is 0 Å². The molecule has 0 saturated carbocycles. The number of hydrogen-bond donors (Lipinski definition) is 2. The summed E-state index contributed by atoms with van der Waals surface area (Å²) in [5.74, 6) is -1.18. The average molecular weight is 191 g/mol. The lowest BCUT2D eigenvalue weighted by molar-refractivity contribution is 0.0689. The Hall–Kier alpha value is -1.23. The van der Waals surface area contributed by atoms with Crippen LogP contribution < -0.4 is 5.56 Å². The number of carbonyl (C=O) groups is 1. The summed E-state index contributed by atoms with van der Waals surface area (Å²) in [5, 5.41) is 10.8. The van der Waals surface area contributed by atoms with Crippen LogP contribution in [0.15, 0.2) is 10.9 Å². The minimum atomic E-state index is -1.18. The lowest BCUT2D eigenvalue weighted by Gasteiger charge is -2.01. The van der Waals surface area contributed by atoms with E-state index in [-0.39, 0.29) is 5.69 Å². The minimum Gasteiger partial charge on any atom is -0.477 e. The van der Waals surface area contributed by atoms with Crippen molar-refractivity contribution in [2.75, 3.05) is 0 Å². The van der Waals surface area contributed by atoms with E-state index < -0.39 is 17.0 Å². The molecule has 0 saturated heterocycles. The van der Waals surface area contributed by atoms with E-state index in [1.165, 1.54) is 0 Å². The zero-order valence-corrected chi connectivity index (χ0v) is 7.00. The van der Waals surface area contributed by atoms with E-state index in [0.29, 0.717) is 0 Å². The van der Waals surface area contributed by atoms with Gasteiger partial charge in [-0.2, -0.15) is 0 Å². The number of aromatic nitrogens is 2. The van der Waals surface area contributed by atoms with Crippen molar-refractivity contribution in [3.05, 3.63) is 22.1 Å². The predicted molar refractivity (Wildman–Crippen MR) is 42.6 cm³/mol. The van der Waals surface area contributed by atoms with Gasteiger partial charge in [-0.05, 0) is 6.92 Å². The number of H-pyrrole nitrogens is 1. The quantitative estimate of drug-likeness (QED) is 0.672. The molecule has 0 aliphatic rings. The van der Waals surface area contributed by atoms with Crippen LogP contribution >= 0.6 is 11.6 Å². The molecule has 6 heteroatoms. The fourth-order valence-electron chi connectivity index (χ4n) is 0.784. The first-order valence-corrected chi connectivity index (χ1v) is 3.65. The molecule has 12 heavy (non-hydrogen) atoms. The predicted octanol–water partition coefficient (Wildman–Crippen LogP) is 0.632. The molecule has 1 heterocycles. The van der Waals surface area contributed by atoms with Crippen molar-refractivity contribution in [2.24, 2.45) is 0 Å². The van der Waals surface area contributed by atoms with Crippen molar-refractivity contribution in [1.82, 2.24) is 9.78 Å². The summed E-state index contributed by atoms with van der Waals surface area (Å²) >= 11 is 5.57. The molecular formula is C6H7ClN2O3. The van der Waals surface area contributed by atoms with Crippen LogP contribution in [0.4, 0.5) is 0 Å². The zero-order chi connectivity index (χ0) is 9.30. The van der Waals surface area contributed by atoms with Crippen molar-refractivity contribution in [1.29, 1.82) is 0 Å². The number of nitrogens with zero attached hydrogens (tertiary/aromatic N) is 1. The summed E-state index contributed by atoms with van der Waals surface area (Å²) in [5.41, 5.74) is -1.19.